The van der Waals surface area contributed by atoms with Gasteiger partial charge in [0.2, 0.25) is 17.7 Å². The quantitative estimate of drug-likeness (QED) is 0.858. The SMILES string of the molecule is Cc1ccnc(NC(=O)CN2C(=O)[C@H]3CCCC[C@@H]3C2=O)c1. The number of nitrogens with one attached hydrogen (secondary N) is 1. The average Bonchev–Trinajstić information content (AvgIpc) is 2.73. The molecule has 0 unspecified atom stereocenters. The molecule has 0 radical (unpaired) electrons. The van der Waals surface area contributed by atoms with E-state index in [9.17, 15) is 14.4 Å². The fourth-order valence-corrected chi connectivity index (χ4v) is 3.32. The number of fused-ring (bicyclic) bond motifs is 1. The van der Waals surface area contributed by atoms with Gasteiger partial charge in [-0.05, 0) is 37.5 Å². The second kappa shape index (κ2) is 5.87. The van der Waals surface area contributed by atoms with Crippen molar-refractivity contribution < 1.29 is 14.4 Å². The van der Waals surface area contributed by atoms with Gasteiger partial charge in [-0.2, -0.15) is 0 Å². The molecular weight excluding hydrogens is 282 g/mol. The number of rotatable bonds is 3. The summed E-state index contributed by atoms with van der Waals surface area (Å²) in [6.45, 7) is 1.68. The molecule has 6 nitrogen and oxygen atoms in total. The Hall–Kier alpha value is -2.24. The molecule has 3 rings (SSSR count). The van der Waals surface area contributed by atoms with Crippen LogP contribution in [-0.4, -0.2) is 34.2 Å². The molecule has 1 aliphatic carbocycles. The van der Waals surface area contributed by atoms with Crippen LogP contribution >= 0.6 is 0 Å². The minimum absolute atomic E-state index is 0.193. The molecular formula is C16H19N3O3. The summed E-state index contributed by atoms with van der Waals surface area (Å²) in [5.41, 5.74) is 0.977. The second-order valence-electron chi connectivity index (χ2n) is 6.03. The van der Waals surface area contributed by atoms with Gasteiger partial charge in [0.15, 0.2) is 0 Å². The molecule has 1 aromatic heterocycles. The van der Waals surface area contributed by atoms with E-state index in [2.05, 4.69) is 10.3 Å². The third-order valence-corrected chi connectivity index (χ3v) is 4.42. The maximum Gasteiger partial charge on any atom is 0.245 e. The van der Waals surface area contributed by atoms with Crippen LogP contribution in [0.5, 0.6) is 0 Å². The van der Waals surface area contributed by atoms with Crippen LogP contribution in [0.2, 0.25) is 0 Å². The summed E-state index contributed by atoms with van der Waals surface area (Å²) in [4.78, 5) is 41.8. The smallest absolute Gasteiger partial charge is 0.245 e. The number of hydrogen-bond acceptors (Lipinski definition) is 4. The first-order chi connectivity index (χ1) is 10.6. The molecule has 1 saturated carbocycles. The number of likely N-dealkylation sites (tertiary alicyclic amines) is 1. The number of carbonyl (C=O) groups excluding carboxylic acids is 3. The first kappa shape index (κ1) is 14.7. The zero-order chi connectivity index (χ0) is 15.7. The molecule has 2 aliphatic rings. The highest BCUT2D eigenvalue weighted by molar-refractivity contribution is 6.08. The largest absolute Gasteiger partial charge is 0.309 e. The Morgan fingerprint density at radius 2 is 1.91 bits per heavy atom. The lowest BCUT2D eigenvalue weighted by molar-refractivity contribution is -0.142. The molecule has 22 heavy (non-hydrogen) atoms. The van der Waals surface area contributed by atoms with Crippen LogP contribution in [0.15, 0.2) is 18.3 Å². The average molecular weight is 301 g/mol. The zero-order valence-electron chi connectivity index (χ0n) is 12.5. The number of nitrogens with zero attached hydrogens (tertiary/aromatic N) is 2. The van der Waals surface area contributed by atoms with E-state index in [1.165, 1.54) is 0 Å². The van der Waals surface area contributed by atoms with Gasteiger partial charge in [-0.3, -0.25) is 19.3 Å². The zero-order valence-corrected chi connectivity index (χ0v) is 12.5. The summed E-state index contributed by atoms with van der Waals surface area (Å²) in [6.07, 6.45) is 5.08. The molecule has 0 aromatic carbocycles. The van der Waals surface area contributed by atoms with Crippen LogP contribution in [0.3, 0.4) is 0 Å². The molecule has 1 aromatic rings. The Morgan fingerprint density at radius 1 is 1.27 bits per heavy atom. The second-order valence-corrected chi connectivity index (χ2v) is 6.03. The van der Waals surface area contributed by atoms with Crippen molar-refractivity contribution >= 4 is 23.5 Å². The molecule has 2 heterocycles. The number of aryl methyl sites for hydroxylation is 1. The fourth-order valence-electron chi connectivity index (χ4n) is 3.32. The van der Waals surface area contributed by atoms with E-state index in [-0.39, 0.29) is 30.2 Å². The van der Waals surface area contributed by atoms with Gasteiger partial charge < -0.3 is 5.32 Å². The van der Waals surface area contributed by atoms with Crippen molar-refractivity contribution in [1.29, 1.82) is 0 Å². The highest BCUT2D eigenvalue weighted by Crippen LogP contribution is 2.37. The maximum atomic E-state index is 12.3. The molecule has 1 aliphatic heterocycles. The van der Waals surface area contributed by atoms with Crippen LogP contribution in [0.4, 0.5) is 5.82 Å². The molecule has 116 valence electrons. The van der Waals surface area contributed by atoms with E-state index in [0.717, 1.165) is 36.1 Å². The fraction of sp³-hybridized carbons (Fsp3) is 0.500. The lowest BCUT2D eigenvalue weighted by Crippen LogP contribution is -2.38. The molecule has 1 N–H and O–H groups in total. The Bertz CT molecular complexity index is 605. The third-order valence-electron chi connectivity index (χ3n) is 4.42. The summed E-state index contributed by atoms with van der Waals surface area (Å²) in [5, 5.41) is 2.64. The minimum Gasteiger partial charge on any atom is -0.309 e. The molecule has 2 atom stereocenters. The summed E-state index contributed by atoms with van der Waals surface area (Å²) in [7, 11) is 0. The first-order valence-corrected chi connectivity index (χ1v) is 7.64. The van der Waals surface area contributed by atoms with Crippen LogP contribution in [0.25, 0.3) is 0 Å². The van der Waals surface area contributed by atoms with E-state index in [4.69, 9.17) is 0 Å². The van der Waals surface area contributed by atoms with Crippen LogP contribution in [0.1, 0.15) is 31.2 Å². The van der Waals surface area contributed by atoms with Gasteiger partial charge in [-0.1, -0.05) is 12.8 Å². The molecule has 0 spiro atoms. The number of hydrogen-bond donors (Lipinski definition) is 1. The van der Waals surface area contributed by atoms with Crippen LogP contribution in [-0.2, 0) is 14.4 Å². The maximum absolute atomic E-state index is 12.3. The summed E-state index contributed by atoms with van der Waals surface area (Å²) < 4.78 is 0. The Kier molecular flexibility index (Phi) is 3.92. The van der Waals surface area contributed by atoms with E-state index in [1.807, 2.05) is 13.0 Å². The Morgan fingerprint density at radius 3 is 2.50 bits per heavy atom. The van der Waals surface area contributed by atoms with Gasteiger partial charge in [0.1, 0.15) is 12.4 Å². The number of pyridine rings is 1. The number of amides is 3. The van der Waals surface area contributed by atoms with E-state index >= 15 is 0 Å². The highest BCUT2D eigenvalue weighted by atomic mass is 16.2. The molecule has 6 heteroatoms. The van der Waals surface area contributed by atoms with Gasteiger partial charge >= 0.3 is 0 Å². The van der Waals surface area contributed by atoms with Crippen molar-refractivity contribution in [1.82, 2.24) is 9.88 Å². The first-order valence-electron chi connectivity index (χ1n) is 7.64. The topological polar surface area (TPSA) is 79.4 Å². The van der Waals surface area contributed by atoms with Crippen molar-refractivity contribution in [3.63, 3.8) is 0 Å². The standard InChI is InChI=1S/C16H19N3O3/c1-10-6-7-17-13(8-10)18-14(20)9-19-15(21)11-4-2-3-5-12(11)16(19)22/h6-8,11-12H,2-5,9H2,1H3,(H,17,18,20)/t11-,12-/m0/s1. The number of carbonyl (C=O) groups is 3. The molecule has 2 fully saturated rings. The normalized spacial score (nSPS) is 24.3. The predicted octanol–water partition coefficient (Wildman–Crippen LogP) is 1.50. The molecule has 0 bridgehead atoms. The summed E-state index contributed by atoms with van der Waals surface area (Å²) >= 11 is 0. The number of anilines is 1. The number of aromatic nitrogens is 1. The van der Waals surface area contributed by atoms with Crippen LogP contribution in [0, 0.1) is 18.8 Å². The predicted molar refractivity (Wildman–Crippen MR) is 79.8 cm³/mol. The van der Waals surface area contributed by atoms with Gasteiger partial charge in [-0.15, -0.1) is 0 Å². The van der Waals surface area contributed by atoms with Crippen LogP contribution < -0.4 is 5.32 Å². The Labute approximate surface area is 128 Å². The van der Waals surface area contributed by atoms with Crippen molar-refractivity contribution in [3.8, 4) is 0 Å². The van der Waals surface area contributed by atoms with Crippen molar-refractivity contribution in [2.45, 2.75) is 32.6 Å². The van der Waals surface area contributed by atoms with Gasteiger partial charge in [0, 0.05) is 6.20 Å². The highest BCUT2D eigenvalue weighted by Gasteiger charge is 2.48. The van der Waals surface area contributed by atoms with Gasteiger partial charge in [-0.25, -0.2) is 4.98 Å². The Balaban J connectivity index is 1.66. The number of imide groups is 1. The molecule has 1 saturated heterocycles. The van der Waals surface area contributed by atoms with Gasteiger partial charge in [0.05, 0.1) is 11.8 Å². The monoisotopic (exact) mass is 301 g/mol. The summed E-state index contributed by atoms with van der Waals surface area (Å²) in [5.74, 6) is -0.777. The van der Waals surface area contributed by atoms with Crippen molar-refractivity contribution in [2.24, 2.45) is 11.8 Å². The van der Waals surface area contributed by atoms with Crippen molar-refractivity contribution in [2.75, 3.05) is 11.9 Å². The third kappa shape index (κ3) is 2.73. The molecule has 3 amide bonds. The lowest BCUT2D eigenvalue weighted by Gasteiger charge is -2.19. The van der Waals surface area contributed by atoms with E-state index in [1.54, 1.807) is 12.3 Å². The minimum atomic E-state index is -0.390. The summed E-state index contributed by atoms with van der Waals surface area (Å²) in [6, 6.07) is 3.57. The lowest BCUT2D eigenvalue weighted by atomic mass is 9.81. The van der Waals surface area contributed by atoms with E-state index in [0.29, 0.717) is 5.82 Å². The van der Waals surface area contributed by atoms with Gasteiger partial charge in [0.25, 0.3) is 0 Å². The van der Waals surface area contributed by atoms with E-state index < -0.39 is 5.91 Å². The van der Waals surface area contributed by atoms with Crippen molar-refractivity contribution in [3.05, 3.63) is 23.9 Å².